The minimum absolute atomic E-state index is 0.398. The van der Waals surface area contributed by atoms with Crippen molar-refractivity contribution in [3.63, 3.8) is 0 Å². The normalized spacial score (nSPS) is 16.4. The summed E-state index contributed by atoms with van der Waals surface area (Å²) in [5, 5.41) is 8.15. The molecule has 1 aliphatic heterocycles. The van der Waals surface area contributed by atoms with Crippen LogP contribution in [0.2, 0.25) is 0 Å². The van der Waals surface area contributed by atoms with Crippen LogP contribution in [0.3, 0.4) is 0 Å². The van der Waals surface area contributed by atoms with Crippen LogP contribution in [0.5, 0.6) is 0 Å². The fourth-order valence-corrected chi connectivity index (χ4v) is 2.88. The summed E-state index contributed by atoms with van der Waals surface area (Å²) in [4.78, 5) is 6.60. The number of halogens is 3. The number of rotatable bonds is 1. The highest BCUT2D eigenvalue weighted by atomic mass is 19.4. The van der Waals surface area contributed by atoms with Crippen LogP contribution in [-0.2, 0) is 6.18 Å². The van der Waals surface area contributed by atoms with Crippen molar-refractivity contribution < 1.29 is 17.7 Å². The number of benzene rings is 1. The van der Waals surface area contributed by atoms with Crippen LogP contribution >= 0.6 is 0 Å². The number of fused-ring (bicyclic) bond motifs is 3. The molecule has 1 aromatic carbocycles. The second-order valence-corrected chi connectivity index (χ2v) is 5.48. The molecule has 1 aliphatic rings. The van der Waals surface area contributed by atoms with Gasteiger partial charge in [-0.2, -0.15) is 13.2 Å². The molecule has 0 aliphatic carbocycles. The molecule has 2 aromatic heterocycles. The van der Waals surface area contributed by atoms with Crippen molar-refractivity contribution in [3.8, 4) is 0 Å². The molecule has 0 bridgehead atoms. The zero-order valence-corrected chi connectivity index (χ0v) is 12.0. The lowest BCUT2D eigenvalue weighted by atomic mass is 10.1. The summed E-state index contributed by atoms with van der Waals surface area (Å²) in [5.41, 5.74) is 0.296. The van der Waals surface area contributed by atoms with Crippen LogP contribution in [0, 0.1) is 0 Å². The second-order valence-electron chi connectivity index (χ2n) is 5.48. The molecule has 3 aromatic rings. The van der Waals surface area contributed by atoms with E-state index in [0.29, 0.717) is 27.6 Å². The van der Waals surface area contributed by atoms with E-state index >= 15 is 0 Å². The molecule has 0 saturated carbocycles. The van der Waals surface area contributed by atoms with E-state index in [2.05, 4.69) is 20.4 Å². The molecule has 0 spiro atoms. The summed E-state index contributed by atoms with van der Waals surface area (Å²) >= 11 is 0. The molecule has 5 nitrogen and oxygen atoms in total. The van der Waals surface area contributed by atoms with Crippen molar-refractivity contribution in [3.05, 3.63) is 30.0 Å². The number of alkyl halides is 3. The molecule has 0 atom stereocenters. The first-order valence-corrected chi connectivity index (χ1v) is 7.25. The first-order chi connectivity index (χ1) is 11.0. The summed E-state index contributed by atoms with van der Waals surface area (Å²) in [5.74, 6) is 0.655. The largest absolute Gasteiger partial charge is 0.416 e. The Labute approximate surface area is 129 Å². The minimum atomic E-state index is -4.39. The quantitative estimate of drug-likeness (QED) is 0.747. The fraction of sp³-hybridized carbons (Fsp3) is 0.333. The van der Waals surface area contributed by atoms with Gasteiger partial charge in [0.2, 0.25) is 0 Å². The predicted octanol–water partition coefficient (Wildman–Crippen LogP) is 2.80. The number of anilines is 1. The smallest absolute Gasteiger partial charge is 0.363 e. The Morgan fingerprint density at radius 2 is 1.91 bits per heavy atom. The topological polar surface area (TPSA) is 54.2 Å². The van der Waals surface area contributed by atoms with Gasteiger partial charge in [0.25, 0.3) is 0 Å². The van der Waals surface area contributed by atoms with E-state index in [4.69, 9.17) is 4.52 Å². The van der Waals surface area contributed by atoms with E-state index < -0.39 is 11.7 Å². The van der Waals surface area contributed by atoms with Gasteiger partial charge < -0.3 is 14.7 Å². The summed E-state index contributed by atoms with van der Waals surface area (Å²) in [7, 11) is 0. The standard InChI is InChI=1S/C15H13F3N4O/c16-15(17,18)9-1-2-12-10(7-9)11-8-23-21-13(11)14(20-12)22-5-3-19-4-6-22/h1-2,7-8,19H,3-6H2. The van der Waals surface area contributed by atoms with Crippen LogP contribution in [0.1, 0.15) is 5.56 Å². The Balaban J connectivity index is 1.94. The summed E-state index contributed by atoms with van der Waals surface area (Å²) in [6.45, 7) is 3.18. The predicted molar refractivity (Wildman–Crippen MR) is 79.4 cm³/mol. The molecule has 3 heterocycles. The molecule has 120 valence electrons. The van der Waals surface area contributed by atoms with Gasteiger partial charge >= 0.3 is 6.18 Å². The van der Waals surface area contributed by atoms with E-state index in [1.165, 1.54) is 12.3 Å². The van der Waals surface area contributed by atoms with Crippen molar-refractivity contribution in [2.75, 3.05) is 31.1 Å². The number of hydrogen-bond acceptors (Lipinski definition) is 5. The van der Waals surface area contributed by atoms with Crippen LogP contribution in [0.15, 0.2) is 29.0 Å². The SMILES string of the molecule is FC(F)(F)c1ccc2nc(N3CCNCC3)c3nocc3c2c1. The Hall–Kier alpha value is -2.35. The highest BCUT2D eigenvalue weighted by Gasteiger charge is 2.31. The van der Waals surface area contributed by atoms with Gasteiger partial charge in [0.1, 0.15) is 6.26 Å². The molecular formula is C15H13F3N4O. The van der Waals surface area contributed by atoms with Gasteiger partial charge in [-0.3, -0.25) is 0 Å². The lowest BCUT2D eigenvalue weighted by Crippen LogP contribution is -2.44. The lowest BCUT2D eigenvalue weighted by Gasteiger charge is -2.28. The molecular weight excluding hydrogens is 309 g/mol. The van der Waals surface area contributed by atoms with Crippen molar-refractivity contribution in [2.45, 2.75) is 6.18 Å². The Bertz CT molecular complexity index is 868. The Morgan fingerprint density at radius 3 is 2.65 bits per heavy atom. The zero-order valence-electron chi connectivity index (χ0n) is 12.0. The number of aromatic nitrogens is 2. The van der Waals surface area contributed by atoms with Gasteiger partial charge in [0.15, 0.2) is 11.3 Å². The van der Waals surface area contributed by atoms with E-state index in [1.54, 1.807) is 0 Å². The fourth-order valence-electron chi connectivity index (χ4n) is 2.88. The monoisotopic (exact) mass is 322 g/mol. The third kappa shape index (κ3) is 2.39. The van der Waals surface area contributed by atoms with Gasteiger partial charge in [-0.25, -0.2) is 4.98 Å². The van der Waals surface area contributed by atoms with Gasteiger partial charge in [-0.1, -0.05) is 5.16 Å². The molecule has 1 saturated heterocycles. The van der Waals surface area contributed by atoms with Crippen molar-refractivity contribution in [2.24, 2.45) is 0 Å². The van der Waals surface area contributed by atoms with Crippen molar-refractivity contribution >= 4 is 27.6 Å². The number of pyridine rings is 1. The van der Waals surface area contributed by atoms with Gasteiger partial charge in [0, 0.05) is 31.6 Å². The van der Waals surface area contributed by atoms with Gasteiger partial charge in [-0.15, -0.1) is 0 Å². The maximum absolute atomic E-state index is 12.9. The zero-order chi connectivity index (χ0) is 16.0. The first kappa shape index (κ1) is 14.3. The third-order valence-corrected chi connectivity index (χ3v) is 4.04. The number of nitrogens with one attached hydrogen (secondary N) is 1. The van der Waals surface area contributed by atoms with E-state index in [1.807, 2.05) is 0 Å². The molecule has 8 heteroatoms. The summed E-state index contributed by atoms with van der Waals surface area (Å²) in [6.07, 6.45) is -3.01. The number of hydrogen-bond donors (Lipinski definition) is 1. The second kappa shape index (κ2) is 5.09. The molecule has 4 rings (SSSR count). The third-order valence-electron chi connectivity index (χ3n) is 4.04. The molecule has 0 amide bonds. The van der Waals surface area contributed by atoms with Crippen LogP contribution < -0.4 is 10.2 Å². The summed E-state index contributed by atoms with van der Waals surface area (Å²) < 4.78 is 43.8. The molecule has 23 heavy (non-hydrogen) atoms. The molecule has 1 N–H and O–H groups in total. The molecule has 1 fully saturated rings. The van der Waals surface area contributed by atoms with Gasteiger partial charge in [-0.05, 0) is 18.2 Å². The lowest BCUT2D eigenvalue weighted by molar-refractivity contribution is -0.137. The molecule has 0 radical (unpaired) electrons. The van der Waals surface area contributed by atoms with Crippen molar-refractivity contribution in [1.29, 1.82) is 0 Å². The van der Waals surface area contributed by atoms with E-state index in [-0.39, 0.29) is 0 Å². The van der Waals surface area contributed by atoms with Crippen molar-refractivity contribution in [1.82, 2.24) is 15.5 Å². The first-order valence-electron chi connectivity index (χ1n) is 7.25. The molecule has 0 unspecified atom stereocenters. The van der Waals surface area contributed by atoms with Crippen LogP contribution in [-0.4, -0.2) is 36.3 Å². The van der Waals surface area contributed by atoms with Crippen LogP contribution in [0.25, 0.3) is 21.8 Å². The Morgan fingerprint density at radius 1 is 1.13 bits per heavy atom. The summed E-state index contributed by atoms with van der Waals surface area (Å²) in [6, 6.07) is 3.55. The highest BCUT2D eigenvalue weighted by Crippen LogP contribution is 2.35. The highest BCUT2D eigenvalue weighted by molar-refractivity contribution is 6.08. The number of nitrogens with zero attached hydrogens (tertiary/aromatic N) is 3. The van der Waals surface area contributed by atoms with E-state index in [9.17, 15) is 13.2 Å². The maximum atomic E-state index is 12.9. The average Bonchev–Trinajstić information content (AvgIpc) is 3.03. The maximum Gasteiger partial charge on any atom is 0.416 e. The number of piperazine rings is 1. The van der Waals surface area contributed by atoms with Gasteiger partial charge in [0.05, 0.1) is 16.5 Å². The van der Waals surface area contributed by atoms with Crippen LogP contribution in [0.4, 0.5) is 19.0 Å². The van der Waals surface area contributed by atoms with E-state index in [0.717, 1.165) is 38.3 Å². The minimum Gasteiger partial charge on any atom is -0.363 e. The average molecular weight is 322 g/mol. The Kier molecular flexibility index (Phi) is 3.15.